The van der Waals surface area contributed by atoms with Gasteiger partial charge in [-0.1, -0.05) is 24.3 Å². The molecule has 2 heterocycles. The van der Waals surface area contributed by atoms with Crippen LogP contribution in [0, 0.1) is 5.82 Å². The van der Waals surface area contributed by atoms with E-state index >= 15 is 0 Å². The summed E-state index contributed by atoms with van der Waals surface area (Å²) in [6, 6.07) is 12.4. The zero-order valence-electron chi connectivity index (χ0n) is 14.0. The second-order valence-electron chi connectivity index (χ2n) is 6.61. The summed E-state index contributed by atoms with van der Waals surface area (Å²) >= 11 is 0. The summed E-state index contributed by atoms with van der Waals surface area (Å²) in [6.07, 6.45) is 0.660. The largest absolute Gasteiger partial charge is 0.340 e. The van der Waals surface area contributed by atoms with Crippen molar-refractivity contribution in [1.29, 1.82) is 0 Å². The van der Waals surface area contributed by atoms with E-state index in [0.717, 1.165) is 0 Å². The van der Waals surface area contributed by atoms with Crippen molar-refractivity contribution < 1.29 is 18.8 Å². The molecule has 1 unspecified atom stereocenters. The van der Waals surface area contributed by atoms with Gasteiger partial charge in [0.05, 0.1) is 23.6 Å². The predicted octanol–water partition coefficient (Wildman–Crippen LogP) is 2.27. The van der Waals surface area contributed by atoms with Gasteiger partial charge in [0.1, 0.15) is 5.82 Å². The fourth-order valence-corrected chi connectivity index (χ4v) is 3.65. The molecule has 0 aromatic heterocycles. The molecule has 2 aliphatic rings. The topological polar surface area (TPSA) is 57.7 Å². The standard InChI is InChI=1S/C20H17FN2O3/c21-14-5-3-4-13(10-14)11-18(24)22-9-8-15(12-22)23-19(25)16-6-1-2-7-17(16)20(23)26/h1-7,10,15H,8-9,11-12H2. The number of halogens is 1. The number of amides is 3. The minimum Gasteiger partial charge on any atom is -0.340 e. The molecule has 0 aliphatic carbocycles. The Morgan fingerprint density at radius 2 is 1.73 bits per heavy atom. The summed E-state index contributed by atoms with van der Waals surface area (Å²) in [5, 5.41) is 0. The number of nitrogens with zero attached hydrogens (tertiary/aromatic N) is 2. The molecule has 0 radical (unpaired) electrons. The summed E-state index contributed by atoms with van der Waals surface area (Å²) in [6.45, 7) is 0.797. The minimum absolute atomic E-state index is 0.104. The van der Waals surface area contributed by atoms with Crippen molar-refractivity contribution in [3.63, 3.8) is 0 Å². The van der Waals surface area contributed by atoms with Gasteiger partial charge in [-0.25, -0.2) is 4.39 Å². The maximum Gasteiger partial charge on any atom is 0.261 e. The van der Waals surface area contributed by atoms with E-state index in [1.54, 1.807) is 41.3 Å². The Labute approximate surface area is 150 Å². The van der Waals surface area contributed by atoms with Gasteiger partial charge >= 0.3 is 0 Å². The van der Waals surface area contributed by atoms with Gasteiger partial charge in [0.15, 0.2) is 0 Å². The zero-order valence-corrected chi connectivity index (χ0v) is 14.0. The van der Waals surface area contributed by atoms with Crippen LogP contribution in [-0.2, 0) is 11.2 Å². The molecule has 6 heteroatoms. The average molecular weight is 352 g/mol. The molecule has 3 amide bonds. The lowest BCUT2D eigenvalue weighted by molar-refractivity contribution is -0.129. The van der Waals surface area contributed by atoms with E-state index in [0.29, 0.717) is 36.2 Å². The molecular weight excluding hydrogens is 335 g/mol. The third-order valence-electron chi connectivity index (χ3n) is 4.95. The molecule has 2 aromatic carbocycles. The van der Waals surface area contributed by atoms with E-state index in [1.165, 1.54) is 17.0 Å². The molecule has 1 saturated heterocycles. The molecule has 0 bridgehead atoms. The van der Waals surface area contributed by atoms with Crippen LogP contribution in [0.1, 0.15) is 32.7 Å². The lowest BCUT2D eigenvalue weighted by Crippen LogP contribution is -2.42. The normalized spacial score (nSPS) is 19.2. The maximum absolute atomic E-state index is 13.3. The summed E-state index contributed by atoms with van der Waals surface area (Å²) in [5.74, 6) is -1.10. The van der Waals surface area contributed by atoms with Crippen LogP contribution in [0.4, 0.5) is 4.39 Å². The summed E-state index contributed by atoms with van der Waals surface area (Å²) in [4.78, 5) is 40.5. The fraction of sp³-hybridized carbons (Fsp3) is 0.250. The first-order chi connectivity index (χ1) is 12.5. The molecule has 132 valence electrons. The predicted molar refractivity (Wildman–Crippen MR) is 92.0 cm³/mol. The highest BCUT2D eigenvalue weighted by Gasteiger charge is 2.42. The molecule has 0 spiro atoms. The van der Waals surface area contributed by atoms with Crippen LogP contribution in [0.2, 0.25) is 0 Å². The molecule has 0 N–H and O–H groups in total. The van der Waals surface area contributed by atoms with Crippen LogP contribution in [0.15, 0.2) is 48.5 Å². The SMILES string of the molecule is O=C(Cc1cccc(F)c1)N1CCC(N2C(=O)c3ccccc3C2=O)C1. The first-order valence-corrected chi connectivity index (χ1v) is 8.54. The number of rotatable bonds is 3. The Morgan fingerprint density at radius 1 is 1.04 bits per heavy atom. The highest BCUT2D eigenvalue weighted by molar-refractivity contribution is 6.21. The first-order valence-electron chi connectivity index (χ1n) is 8.54. The van der Waals surface area contributed by atoms with Crippen LogP contribution in [-0.4, -0.2) is 46.7 Å². The van der Waals surface area contributed by atoms with Crippen LogP contribution < -0.4 is 0 Å². The second-order valence-corrected chi connectivity index (χ2v) is 6.61. The molecule has 26 heavy (non-hydrogen) atoms. The number of benzene rings is 2. The molecule has 4 rings (SSSR count). The second kappa shape index (κ2) is 6.37. The first kappa shape index (κ1) is 16.4. The molecular formula is C20H17FN2O3. The van der Waals surface area contributed by atoms with Crippen LogP contribution in [0.3, 0.4) is 0 Å². The fourth-order valence-electron chi connectivity index (χ4n) is 3.65. The Bertz CT molecular complexity index is 876. The minimum atomic E-state index is -0.374. The van der Waals surface area contributed by atoms with Gasteiger partial charge in [-0.05, 0) is 36.2 Å². The molecule has 2 aliphatic heterocycles. The Kier molecular flexibility index (Phi) is 4.03. The highest BCUT2D eigenvalue weighted by Crippen LogP contribution is 2.28. The summed E-state index contributed by atoms with van der Waals surface area (Å²) in [5.41, 5.74) is 1.45. The monoisotopic (exact) mass is 352 g/mol. The quantitative estimate of drug-likeness (QED) is 0.797. The molecule has 1 atom stereocenters. The molecule has 5 nitrogen and oxygen atoms in total. The van der Waals surface area contributed by atoms with Gasteiger partial charge in [0, 0.05) is 13.1 Å². The van der Waals surface area contributed by atoms with Crippen LogP contribution in [0.5, 0.6) is 0 Å². The third-order valence-corrected chi connectivity index (χ3v) is 4.95. The van der Waals surface area contributed by atoms with E-state index in [4.69, 9.17) is 0 Å². The van der Waals surface area contributed by atoms with Crippen molar-refractivity contribution in [3.05, 3.63) is 71.0 Å². The van der Waals surface area contributed by atoms with Gasteiger partial charge in [-0.15, -0.1) is 0 Å². The third kappa shape index (κ3) is 2.77. The number of likely N-dealkylation sites (tertiary alicyclic amines) is 1. The zero-order chi connectivity index (χ0) is 18.3. The highest BCUT2D eigenvalue weighted by atomic mass is 19.1. The average Bonchev–Trinajstić information content (AvgIpc) is 3.20. The summed E-state index contributed by atoms with van der Waals surface area (Å²) in [7, 11) is 0. The number of hydrogen-bond acceptors (Lipinski definition) is 3. The van der Waals surface area contributed by atoms with E-state index in [2.05, 4.69) is 0 Å². The van der Waals surface area contributed by atoms with Crippen molar-refractivity contribution >= 4 is 17.7 Å². The lowest BCUT2D eigenvalue weighted by atomic mass is 10.1. The van der Waals surface area contributed by atoms with Gasteiger partial charge in [-0.2, -0.15) is 0 Å². The number of carbonyl (C=O) groups excluding carboxylic acids is 3. The van der Waals surface area contributed by atoms with Crippen molar-refractivity contribution in [2.75, 3.05) is 13.1 Å². The number of carbonyl (C=O) groups is 3. The van der Waals surface area contributed by atoms with Crippen LogP contribution in [0.25, 0.3) is 0 Å². The number of imide groups is 1. The van der Waals surface area contributed by atoms with Crippen molar-refractivity contribution in [1.82, 2.24) is 9.80 Å². The maximum atomic E-state index is 13.3. The van der Waals surface area contributed by atoms with E-state index < -0.39 is 0 Å². The Hall–Kier alpha value is -3.02. The number of hydrogen-bond donors (Lipinski definition) is 0. The van der Waals surface area contributed by atoms with Crippen molar-refractivity contribution in [3.8, 4) is 0 Å². The van der Waals surface area contributed by atoms with Crippen molar-refractivity contribution in [2.45, 2.75) is 18.9 Å². The van der Waals surface area contributed by atoms with E-state index in [9.17, 15) is 18.8 Å². The van der Waals surface area contributed by atoms with E-state index in [1.807, 2.05) is 0 Å². The Balaban J connectivity index is 1.45. The van der Waals surface area contributed by atoms with Crippen LogP contribution >= 0.6 is 0 Å². The van der Waals surface area contributed by atoms with Crippen molar-refractivity contribution in [2.24, 2.45) is 0 Å². The van der Waals surface area contributed by atoms with Gasteiger partial charge in [0.2, 0.25) is 5.91 Å². The lowest BCUT2D eigenvalue weighted by Gasteiger charge is -2.22. The molecule has 1 fully saturated rings. The van der Waals surface area contributed by atoms with Gasteiger partial charge in [0.25, 0.3) is 11.8 Å². The summed E-state index contributed by atoms with van der Waals surface area (Å²) < 4.78 is 13.3. The smallest absolute Gasteiger partial charge is 0.261 e. The van der Waals surface area contributed by atoms with E-state index in [-0.39, 0.29) is 36.0 Å². The Morgan fingerprint density at radius 3 is 2.38 bits per heavy atom. The van der Waals surface area contributed by atoms with Gasteiger partial charge < -0.3 is 4.90 Å². The van der Waals surface area contributed by atoms with Gasteiger partial charge in [-0.3, -0.25) is 19.3 Å². The molecule has 2 aromatic rings. The number of fused-ring (bicyclic) bond motifs is 1. The molecule has 0 saturated carbocycles.